The predicted octanol–water partition coefficient (Wildman–Crippen LogP) is 4.14. The van der Waals surface area contributed by atoms with Crippen molar-refractivity contribution in [2.45, 2.75) is 39.2 Å². The average molecular weight is 330 g/mol. The highest BCUT2D eigenvalue weighted by Gasteiger charge is 2.19. The molecule has 1 aromatic heterocycles. The van der Waals surface area contributed by atoms with Crippen LogP contribution in [0.4, 0.5) is 21.8 Å². The van der Waals surface area contributed by atoms with Gasteiger partial charge < -0.3 is 15.0 Å². The number of anilines is 3. The molecule has 0 aliphatic carbocycles. The van der Waals surface area contributed by atoms with Gasteiger partial charge in [-0.25, -0.2) is 4.39 Å². The molecule has 1 aromatic carbocycles. The van der Waals surface area contributed by atoms with Crippen molar-refractivity contribution in [3.8, 4) is 5.88 Å². The molecule has 1 saturated heterocycles. The van der Waals surface area contributed by atoms with Crippen LogP contribution >= 0.6 is 0 Å². The lowest BCUT2D eigenvalue weighted by Crippen LogP contribution is -2.25. The molecule has 0 unspecified atom stereocenters. The molecule has 0 saturated carbocycles. The largest absolute Gasteiger partial charge is 0.472 e. The Morgan fingerprint density at radius 3 is 2.38 bits per heavy atom. The zero-order valence-electron chi connectivity index (χ0n) is 14.3. The lowest BCUT2D eigenvalue weighted by molar-refractivity contribution is 0.124. The second-order valence-corrected chi connectivity index (χ2v) is 6.93. The second-order valence-electron chi connectivity index (χ2n) is 6.93. The van der Waals surface area contributed by atoms with E-state index in [1.54, 1.807) is 12.1 Å². The van der Waals surface area contributed by atoms with Gasteiger partial charge in [0.25, 0.3) is 0 Å². The molecule has 1 aliphatic heterocycles. The Kier molecular flexibility index (Phi) is 4.55. The Balaban J connectivity index is 1.89. The molecular weight excluding hydrogens is 307 g/mol. The molecule has 2 aromatic rings. The van der Waals surface area contributed by atoms with Gasteiger partial charge in [-0.3, -0.25) is 0 Å². The fourth-order valence-corrected chi connectivity index (χ4v) is 2.61. The van der Waals surface area contributed by atoms with Crippen LogP contribution < -0.4 is 15.0 Å². The molecule has 6 heteroatoms. The molecule has 0 spiro atoms. The lowest BCUT2D eigenvalue weighted by atomic mass is 10.2. The minimum absolute atomic E-state index is 0.274. The summed E-state index contributed by atoms with van der Waals surface area (Å²) >= 11 is 0. The summed E-state index contributed by atoms with van der Waals surface area (Å²) in [5.41, 5.74) is 0.390. The maximum Gasteiger partial charge on any atom is 0.232 e. The molecular formula is C18H23FN4O. The molecule has 24 heavy (non-hydrogen) atoms. The van der Waals surface area contributed by atoms with Crippen molar-refractivity contribution in [2.24, 2.45) is 0 Å². The van der Waals surface area contributed by atoms with Gasteiger partial charge in [0, 0.05) is 24.8 Å². The van der Waals surface area contributed by atoms with Crippen molar-refractivity contribution in [3.05, 3.63) is 36.1 Å². The van der Waals surface area contributed by atoms with Gasteiger partial charge >= 0.3 is 0 Å². The molecule has 2 heterocycles. The minimum Gasteiger partial charge on any atom is -0.472 e. The number of aromatic nitrogens is 2. The number of hydrogen-bond acceptors (Lipinski definition) is 5. The summed E-state index contributed by atoms with van der Waals surface area (Å²) in [6.07, 6.45) is 2.33. The molecule has 128 valence electrons. The summed E-state index contributed by atoms with van der Waals surface area (Å²) in [6, 6.07) is 8.00. The van der Waals surface area contributed by atoms with Crippen molar-refractivity contribution >= 4 is 17.5 Å². The highest BCUT2D eigenvalue weighted by molar-refractivity contribution is 5.56. The number of halogens is 1. The first-order valence-electron chi connectivity index (χ1n) is 8.25. The summed E-state index contributed by atoms with van der Waals surface area (Å²) in [5.74, 6) is 1.56. The summed E-state index contributed by atoms with van der Waals surface area (Å²) in [5, 5.41) is 3.13. The van der Waals surface area contributed by atoms with E-state index in [0.29, 0.717) is 11.8 Å². The van der Waals surface area contributed by atoms with Gasteiger partial charge in [-0.15, -0.1) is 0 Å². The fraction of sp³-hybridized carbons (Fsp3) is 0.444. The Hall–Kier alpha value is -2.37. The summed E-state index contributed by atoms with van der Waals surface area (Å²) in [6.45, 7) is 7.93. The van der Waals surface area contributed by atoms with E-state index in [1.165, 1.54) is 25.0 Å². The summed E-state index contributed by atoms with van der Waals surface area (Å²) < 4.78 is 19.0. The molecule has 0 bridgehead atoms. The maximum absolute atomic E-state index is 13.1. The first-order valence-corrected chi connectivity index (χ1v) is 8.25. The minimum atomic E-state index is -0.343. The van der Waals surface area contributed by atoms with Gasteiger partial charge in [0.1, 0.15) is 17.2 Å². The van der Waals surface area contributed by atoms with Crippen LogP contribution in [0.15, 0.2) is 30.3 Å². The zero-order valence-corrected chi connectivity index (χ0v) is 14.3. The van der Waals surface area contributed by atoms with Crippen LogP contribution in [0.1, 0.15) is 33.6 Å². The maximum atomic E-state index is 13.1. The Morgan fingerprint density at radius 1 is 1.08 bits per heavy atom. The molecule has 0 amide bonds. The molecule has 5 nitrogen and oxygen atoms in total. The first kappa shape index (κ1) is 16.5. The van der Waals surface area contributed by atoms with E-state index < -0.39 is 0 Å². The van der Waals surface area contributed by atoms with Crippen LogP contribution in [0.5, 0.6) is 5.88 Å². The average Bonchev–Trinajstić information content (AvgIpc) is 3.02. The lowest BCUT2D eigenvalue weighted by Gasteiger charge is -2.23. The quantitative estimate of drug-likeness (QED) is 0.913. The monoisotopic (exact) mass is 330 g/mol. The van der Waals surface area contributed by atoms with Crippen molar-refractivity contribution in [2.75, 3.05) is 23.3 Å². The molecule has 0 radical (unpaired) electrons. The zero-order chi connectivity index (χ0) is 17.2. The third kappa shape index (κ3) is 4.34. The number of benzene rings is 1. The molecule has 1 aliphatic rings. The number of rotatable bonds is 4. The van der Waals surface area contributed by atoms with E-state index in [9.17, 15) is 4.39 Å². The molecule has 3 rings (SSSR count). The van der Waals surface area contributed by atoms with Gasteiger partial charge in [-0.2, -0.15) is 9.97 Å². The van der Waals surface area contributed by atoms with E-state index in [-0.39, 0.29) is 11.4 Å². The highest BCUT2D eigenvalue weighted by atomic mass is 19.1. The fourth-order valence-electron chi connectivity index (χ4n) is 2.61. The van der Waals surface area contributed by atoms with Crippen LogP contribution in [-0.4, -0.2) is 28.7 Å². The van der Waals surface area contributed by atoms with Crippen LogP contribution in [-0.2, 0) is 0 Å². The normalized spacial score (nSPS) is 14.8. The standard InChI is InChI=1S/C18H23FN4O/c1-18(2,3)24-16-12-15(23-10-4-5-11-23)21-17(22-16)20-14-8-6-13(19)7-9-14/h6-9,12H,4-5,10-11H2,1-3H3,(H,20,21,22). The van der Waals surface area contributed by atoms with Gasteiger partial charge in [0.2, 0.25) is 11.8 Å². The Bertz CT molecular complexity index is 691. The number of ether oxygens (including phenoxy) is 1. The summed E-state index contributed by atoms with van der Waals surface area (Å²) in [7, 11) is 0. The third-order valence-electron chi connectivity index (χ3n) is 3.63. The van der Waals surface area contributed by atoms with Gasteiger partial charge in [0.15, 0.2) is 0 Å². The van der Waals surface area contributed by atoms with E-state index in [0.717, 1.165) is 24.6 Å². The van der Waals surface area contributed by atoms with Gasteiger partial charge in [-0.1, -0.05) is 0 Å². The topological polar surface area (TPSA) is 50.3 Å². The third-order valence-corrected chi connectivity index (χ3v) is 3.63. The van der Waals surface area contributed by atoms with E-state index >= 15 is 0 Å². The molecule has 1 fully saturated rings. The van der Waals surface area contributed by atoms with Crippen molar-refractivity contribution in [1.29, 1.82) is 0 Å². The summed E-state index contributed by atoms with van der Waals surface area (Å²) in [4.78, 5) is 11.3. The highest BCUT2D eigenvalue weighted by Crippen LogP contribution is 2.26. The van der Waals surface area contributed by atoms with E-state index in [4.69, 9.17) is 4.74 Å². The molecule has 0 atom stereocenters. The Labute approximate surface area is 141 Å². The van der Waals surface area contributed by atoms with Gasteiger partial charge in [0.05, 0.1) is 0 Å². The number of nitrogens with zero attached hydrogens (tertiary/aromatic N) is 3. The van der Waals surface area contributed by atoms with E-state index in [1.807, 2.05) is 26.8 Å². The van der Waals surface area contributed by atoms with Crippen molar-refractivity contribution in [3.63, 3.8) is 0 Å². The number of nitrogens with one attached hydrogen (secondary N) is 1. The number of hydrogen-bond donors (Lipinski definition) is 1. The molecule has 1 N–H and O–H groups in total. The van der Waals surface area contributed by atoms with Gasteiger partial charge in [-0.05, 0) is 57.9 Å². The van der Waals surface area contributed by atoms with Crippen LogP contribution in [0, 0.1) is 5.82 Å². The van der Waals surface area contributed by atoms with Crippen molar-refractivity contribution < 1.29 is 9.13 Å². The van der Waals surface area contributed by atoms with Crippen LogP contribution in [0.25, 0.3) is 0 Å². The van der Waals surface area contributed by atoms with Crippen LogP contribution in [0.3, 0.4) is 0 Å². The SMILES string of the molecule is CC(C)(C)Oc1cc(N2CCCC2)nc(Nc2ccc(F)cc2)n1. The van der Waals surface area contributed by atoms with Crippen molar-refractivity contribution in [1.82, 2.24) is 9.97 Å². The second kappa shape index (κ2) is 6.63. The van der Waals surface area contributed by atoms with Crippen LogP contribution in [0.2, 0.25) is 0 Å². The predicted molar refractivity (Wildman–Crippen MR) is 93.5 cm³/mol. The first-order chi connectivity index (χ1) is 11.4. The smallest absolute Gasteiger partial charge is 0.232 e. The Morgan fingerprint density at radius 2 is 1.75 bits per heavy atom. The van der Waals surface area contributed by atoms with E-state index in [2.05, 4.69) is 20.2 Å².